The highest BCUT2D eigenvalue weighted by Crippen LogP contribution is 2.28. The molecule has 6 heteroatoms. The summed E-state index contributed by atoms with van der Waals surface area (Å²) in [5, 5.41) is 4.38. The molecule has 1 aliphatic carbocycles. The number of rotatable bonds is 4. The maximum Gasteiger partial charge on any atom is 0.182 e. The van der Waals surface area contributed by atoms with Gasteiger partial charge in [-0.3, -0.25) is 4.57 Å². The van der Waals surface area contributed by atoms with Crippen molar-refractivity contribution in [2.45, 2.75) is 6.54 Å². The minimum atomic E-state index is 0.640. The first kappa shape index (κ1) is 18.3. The molecule has 0 unspecified atom stereocenters. The highest BCUT2D eigenvalue weighted by molar-refractivity contribution is 7.71. The van der Waals surface area contributed by atoms with Gasteiger partial charge in [-0.25, -0.2) is 9.97 Å². The van der Waals surface area contributed by atoms with E-state index in [-0.39, 0.29) is 0 Å². The highest BCUT2D eigenvalue weighted by Gasteiger charge is 2.12. The molecule has 30 heavy (non-hydrogen) atoms. The predicted octanol–water partition coefficient (Wildman–Crippen LogP) is 5.78. The molecule has 5 rings (SSSR count). The Kier molecular flexibility index (Phi) is 4.83. The SMILES string of the molecule is S=c1[nH]c2cc3c(NCc4ccccc4)ncnc3cc2n1C1=CC=CC=CC=C1. The van der Waals surface area contributed by atoms with Gasteiger partial charge >= 0.3 is 0 Å². The zero-order valence-corrected chi connectivity index (χ0v) is 16.9. The van der Waals surface area contributed by atoms with Crippen molar-refractivity contribution in [2.75, 3.05) is 5.32 Å². The molecule has 2 heterocycles. The summed E-state index contributed by atoms with van der Waals surface area (Å²) < 4.78 is 2.67. The van der Waals surface area contributed by atoms with Crippen molar-refractivity contribution in [3.05, 3.63) is 102 Å². The van der Waals surface area contributed by atoms with Crippen LogP contribution in [-0.2, 0) is 6.54 Å². The van der Waals surface area contributed by atoms with E-state index in [9.17, 15) is 0 Å². The molecular formula is C24H19N5S. The molecule has 0 saturated carbocycles. The predicted molar refractivity (Wildman–Crippen MR) is 126 cm³/mol. The van der Waals surface area contributed by atoms with Crippen LogP contribution in [0.5, 0.6) is 0 Å². The van der Waals surface area contributed by atoms with Crippen LogP contribution in [0.4, 0.5) is 5.82 Å². The summed E-state index contributed by atoms with van der Waals surface area (Å²) in [6, 6.07) is 14.4. The Bertz CT molecular complexity index is 1400. The molecule has 5 nitrogen and oxygen atoms in total. The molecule has 4 aromatic rings. The molecule has 2 aromatic heterocycles. The third-order valence-corrected chi connectivity index (χ3v) is 5.26. The van der Waals surface area contributed by atoms with E-state index in [0.29, 0.717) is 11.3 Å². The van der Waals surface area contributed by atoms with Crippen molar-refractivity contribution in [3.8, 4) is 0 Å². The zero-order chi connectivity index (χ0) is 20.3. The van der Waals surface area contributed by atoms with Crippen LogP contribution in [0, 0.1) is 4.77 Å². The molecule has 0 bridgehead atoms. The largest absolute Gasteiger partial charge is 0.365 e. The van der Waals surface area contributed by atoms with Gasteiger partial charge in [0.15, 0.2) is 4.77 Å². The zero-order valence-electron chi connectivity index (χ0n) is 16.1. The Morgan fingerprint density at radius 2 is 1.80 bits per heavy atom. The summed E-state index contributed by atoms with van der Waals surface area (Å²) in [5.74, 6) is 0.802. The van der Waals surface area contributed by atoms with Gasteiger partial charge in [0, 0.05) is 17.6 Å². The number of imidazole rings is 1. The summed E-state index contributed by atoms with van der Waals surface area (Å²) in [5.41, 5.74) is 4.97. The Labute approximate surface area is 178 Å². The number of fused-ring (bicyclic) bond motifs is 2. The Hall–Kier alpha value is -3.77. The van der Waals surface area contributed by atoms with Crippen LogP contribution in [0.15, 0.2) is 91.3 Å². The van der Waals surface area contributed by atoms with Crippen LogP contribution in [0.25, 0.3) is 27.6 Å². The van der Waals surface area contributed by atoms with Crippen LogP contribution < -0.4 is 5.32 Å². The lowest BCUT2D eigenvalue weighted by Gasteiger charge is -2.10. The third kappa shape index (κ3) is 3.49. The molecule has 2 N–H and O–H groups in total. The quantitative estimate of drug-likeness (QED) is 0.420. The normalized spacial score (nSPS) is 13.4. The average Bonchev–Trinajstić information content (AvgIpc) is 3.06. The van der Waals surface area contributed by atoms with E-state index < -0.39 is 0 Å². The van der Waals surface area contributed by atoms with Gasteiger partial charge in [-0.15, -0.1) is 0 Å². The van der Waals surface area contributed by atoms with E-state index in [4.69, 9.17) is 12.2 Å². The summed E-state index contributed by atoms with van der Waals surface area (Å²) in [4.78, 5) is 12.3. The van der Waals surface area contributed by atoms with Gasteiger partial charge < -0.3 is 10.3 Å². The van der Waals surface area contributed by atoms with E-state index in [2.05, 4.69) is 44.5 Å². The van der Waals surface area contributed by atoms with Gasteiger partial charge in [0.1, 0.15) is 12.1 Å². The Balaban J connectivity index is 1.60. The van der Waals surface area contributed by atoms with Crippen LogP contribution in [0.1, 0.15) is 5.56 Å². The summed E-state index contributed by atoms with van der Waals surface area (Å²) in [6.45, 7) is 0.694. The van der Waals surface area contributed by atoms with Crippen molar-refractivity contribution in [3.63, 3.8) is 0 Å². The minimum Gasteiger partial charge on any atom is -0.365 e. The van der Waals surface area contributed by atoms with E-state index in [1.54, 1.807) is 6.33 Å². The molecular weight excluding hydrogens is 390 g/mol. The van der Waals surface area contributed by atoms with Gasteiger partial charge in [0.05, 0.1) is 16.6 Å². The van der Waals surface area contributed by atoms with Crippen LogP contribution in [0.2, 0.25) is 0 Å². The fourth-order valence-corrected chi connectivity index (χ4v) is 3.86. The first-order chi connectivity index (χ1) is 14.8. The minimum absolute atomic E-state index is 0.640. The lowest BCUT2D eigenvalue weighted by Crippen LogP contribution is -2.02. The number of nitrogens with zero attached hydrogens (tertiary/aromatic N) is 3. The maximum atomic E-state index is 5.64. The number of nitrogens with one attached hydrogen (secondary N) is 2. The van der Waals surface area contributed by atoms with Gasteiger partial charge in [0.2, 0.25) is 0 Å². The van der Waals surface area contributed by atoms with Crippen LogP contribution in [0.3, 0.4) is 0 Å². The molecule has 0 fully saturated rings. The Morgan fingerprint density at radius 3 is 2.70 bits per heavy atom. The fourth-order valence-electron chi connectivity index (χ4n) is 3.54. The second-order valence-electron chi connectivity index (χ2n) is 6.93. The second kappa shape index (κ2) is 7.93. The third-order valence-electron chi connectivity index (χ3n) is 4.98. The topological polar surface area (TPSA) is 58.5 Å². The molecule has 0 spiro atoms. The van der Waals surface area contributed by atoms with Crippen molar-refractivity contribution in [1.29, 1.82) is 0 Å². The van der Waals surface area contributed by atoms with E-state index in [1.165, 1.54) is 5.56 Å². The summed E-state index contributed by atoms with van der Waals surface area (Å²) in [7, 11) is 0. The smallest absolute Gasteiger partial charge is 0.182 e. The average molecular weight is 410 g/mol. The van der Waals surface area contributed by atoms with Gasteiger partial charge in [-0.1, -0.05) is 60.7 Å². The molecule has 146 valence electrons. The number of anilines is 1. The van der Waals surface area contributed by atoms with E-state index in [1.807, 2.05) is 65.3 Å². The van der Waals surface area contributed by atoms with Gasteiger partial charge in [-0.05, 0) is 42.1 Å². The van der Waals surface area contributed by atoms with Crippen molar-refractivity contribution < 1.29 is 0 Å². The Morgan fingerprint density at radius 1 is 0.967 bits per heavy atom. The molecule has 0 atom stereocenters. The standard InChI is InChI=1S/C24H19N5S/c30-24-28-21-13-19-20(14-22(21)29(24)18-11-7-2-1-3-8-12-18)26-16-27-23(19)25-15-17-9-5-4-6-10-17/h1-14,16H,15H2,(H,28,30)(H,25,26,27). The molecule has 0 aliphatic heterocycles. The lowest BCUT2D eigenvalue weighted by atomic mass is 10.2. The molecule has 2 aromatic carbocycles. The van der Waals surface area contributed by atoms with Crippen LogP contribution >= 0.6 is 12.2 Å². The fraction of sp³-hybridized carbons (Fsp3) is 0.0417. The van der Waals surface area contributed by atoms with Crippen molar-refractivity contribution in [1.82, 2.24) is 19.5 Å². The number of H-pyrrole nitrogens is 1. The van der Waals surface area contributed by atoms with Crippen LogP contribution in [-0.4, -0.2) is 19.5 Å². The van der Waals surface area contributed by atoms with Crippen molar-refractivity contribution in [2.24, 2.45) is 0 Å². The number of hydrogen-bond acceptors (Lipinski definition) is 4. The maximum absolute atomic E-state index is 5.64. The number of aromatic amines is 1. The first-order valence-corrected chi connectivity index (χ1v) is 10.1. The first-order valence-electron chi connectivity index (χ1n) is 9.69. The molecule has 0 amide bonds. The number of aromatic nitrogens is 4. The molecule has 0 radical (unpaired) electrons. The number of benzene rings is 2. The monoisotopic (exact) mass is 409 g/mol. The van der Waals surface area contributed by atoms with E-state index in [0.717, 1.165) is 33.5 Å². The highest BCUT2D eigenvalue weighted by atomic mass is 32.1. The number of allylic oxidation sites excluding steroid dienone is 8. The molecule has 0 saturated heterocycles. The summed E-state index contributed by atoms with van der Waals surface area (Å²) in [6.07, 6.45) is 15.7. The van der Waals surface area contributed by atoms with E-state index >= 15 is 0 Å². The van der Waals surface area contributed by atoms with Gasteiger partial charge in [0.25, 0.3) is 0 Å². The molecule has 1 aliphatic rings. The lowest BCUT2D eigenvalue weighted by molar-refractivity contribution is 1.10. The van der Waals surface area contributed by atoms with Gasteiger partial charge in [-0.2, -0.15) is 0 Å². The second-order valence-corrected chi connectivity index (χ2v) is 7.32. The summed E-state index contributed by atoms with van der Waals surface area (Å²) >= 11 is 5.64. The number of hydrogen-bond donors (Lipinski definition) is 2. The van der Waals surface area contributed by atoms with Crippen molar-refractivity contribution >= 4 is 45.7 Å².